The van der Waals surface area contributed by atoms with Crippen molar-refractivity contribution in [2.75, 3.05) is 0 Å². The van der Waals surface area contributed by atoms with Gasteiger partial charge in [-0.1, -0.05) is 54.6 Å². The van der Waals surface area contributed by atoms with Crippen LogP contribution in [0.5, 0.6) is 0 Å². The van der Waals surface area contributed by atoms with E-state index in [1.165, 1.54) is 6.07 Å². The second-order valence-electron chi connectivity index (χ2n) is 6.41. The summed E-state index contributed by atoms with van der Waals surface area (Å²) in [7, 11) is 0. The Balaban J connectivity index is 1.41. The van der Waals surface area contributed by atoms with Crippen molar-refractivity contribution in [1.82, 2.24) is 10.3 Å². The fourth-order valence-electron chi connectivity index (χ4n) is 2.83. The summed E-state index contributed by atoms with van der Waals surface area (Å²) < 4.78 is 26.2. The lowest BCUT2D eigenvalue weighted by Crippen LogP contribution is -2.22. The number of hydrogen-bond donors (Lipinski definition) is 1. The van der Waals surface area contributed by atoms with Gasteiger partial charge >= 0.3 is 0 Å². The maximum atomic E-state index is 13.3. The SMILES string of the molecule is O=C(NCc1ccc(-c2nc(-c3ccccc3)cs2)cc1)c1ccc(F)c(F)c1. The van der Waals surface area contributed by atoms with Crippen molar-refractivity contribution in [3.63, 3.8) is 0 Å². The van der Waals surface area contributed by atoms with E-state index in [4.69, 9.17) is 4.98 Å². The van der Waals surface area contributed by atoms with Crippen molar-refractivity contribution in [1.29, 1.82) is 0 Å². The average molecular weight is 406 g/mol. The number of carbonyl (C=O) groups excluding carboxylic acids is 1. The van der Waals surface area contributed by atoms with E-state index in [2.05, 4.69) is 5.32 Å². The summed E-state index contributed by atoms with van der Waals surface area (Å²) in [4.78, 5) is 16.8. The summed E-state index contributed by atoms with van der Waals surface area (Å²) in [6.07, 6.45) is 0. The smallest absolute Gasteiger partial charge is 0.251 e. The first kappa shape index (κ1) is 19.0. The van der Waals surface area contributed by atoms with Gasteiger partial charge < -0.3 is 5.32 Å². The molecule has 4 rings (SSSR count). The molecule has 1 aromatic heterocycles. The minimum Gasteiger partial charge on any atom is -0.348 e. The molecule has 0 aliphatic carbocycles. The molecule has 1 heterocycles. The standard InChI is InChI=1S/C23H16F2N2OS/c24-19-11-10-18(12-20(19)25)22(28)26-13-15-6-8-17(9-7-15)23-27-21(14-29-23)16-4-2-1-3-5-16/h1-12,14H,13H2,(H,26,28). The van der Waals surface area contributed by atoms with Crippen LogP contribution in [-0.4, -0.2) is 10.9 Å². The van der Waals surface area contributed by atoms with Crippen LogP contribution in [0.1, 0.15) is 15.9 Å². The molecule has 3 aromatic carbocycles. The third-order valence-electron chi connectivity index (χ3n) is 4.41. The van der Waals surface area contributed by atoms with Crippen molar-refractivity contribution in [2.24, 2.45) is 0 Å². The number of rotatable bonds is 5. The second kappa shape index (κ2) is 8.32. The molecule has 144 valence electrons. The molecule has 3 nitrogen and oxygen atoms in total. The van der Waals surface area contributed by atoms with Crippen LogP contribution in [0.4, 0.5) is 8.78 Å². The minimum atomic E-state index is -1.04. The first-order chi connectivity index (χ1) is 14.1. The van der Waals surface area contributed by atoms with Gasteiger partial charge in [0.05, 0.1) is 5.69 Å². The van der Waals surface area contributed by atoms with Gasteiger partial charge in [-0.3, -0.25) is 4.79 Å². The van der Waals surface area contributed by atoms with Crippen LogP contribution in [-0.2, 0) is 6.54 Å². The van der Waals surface area contributed by atoms with Gasteiger partial charge in [-0.2, -0.15) is 0 Å². The van der Waals surface area contributed by atoms with Crippen LogP contribution in [0.25, 0.3) is 21.8 Å². The normalized spacial score (nSPS) is 10.7. The van der Waals surface area contributed by atoms with Crippen molar-refractivity contribution >= 4 is 17.2 Å². The lowest BCUT2D eigenvalue weighted by Gasteiger charge is -2.06. The molecule has 6 heteroatoms. The Bertz CT molecular complexity index is 1140. The molecule has 29 heavy (non-hydrogen) atoms. The summed E-state index contributed by atoms with van der Waals surface area (Å²) in [5.41, 5.74) is 3.98. The van der Waals surface area contributed by atoms with Gasteiger partial charge in [0.15, 0.2) is 11.6 Å². The summed E-state index contributed by atoms with van der Waals surface area (Å²) in [5.74, 6) is -2.48. The van der Waals surface area contributed by atoms with Crippen LogP contribution in [0, 0.1) is 11.6 Å². The fraction of sp³-hybridized carbons (Fsp3) is 0.0435. The lowest BCUT2D eigenvalue weighted by atomic mass is 10.1. The van der Waals surface area contributed by atoms with Crippen molar-refractivity contribution < 1.29 is 13.6 Å². The third-order valence-corrected chi connectivity index (χ3v) is 5.30. The third kappa shape index (κ3) is 4.38. The number of benzene rings is 3. The molecule has 0 fully saturated rings. The summed E-state index contributed by atoms with van der Waals surface area (Å²) in [6.45, 7) is 0.283. The molecule has 0 radical (unpaired) electrons. The van der Waals surface area contributed by atoms with Gasteiger partial charge in [0, 0.05) is 28.6 Å². The van der Waals surface area contributed by atoms with Crippen LogP contribution < -0.4 is 5.32 Å². The Morgan fingerprint density at radius 2 is 1.66 bits per heavy atom. The number of thiazole rings is 1. The predicted molar refractivity (Wildman–Crippen MR) is 111 cm³/mol. The predicted octanol–water partition coefficient (Wildman–Crippen LogP) is 5.69. The Kier molecular flexibility index (Phi) is 5.44. The Morgan fingerprint density at radius 3 is 2.38 bits per heavy atom. The number of aromatic nitrogens is 1. The van der Waals surface area contributed by atoms with Crippen LogP contribution in [0.3, 0.4) is 0 Å². The maximum absolute atomic E-state index is 13.3. The van der Waals surface area contributed by atoms with E-state index < -0.39 is 17.5 Å². The maximum Gasteiger partial charge on any atom is 0.251 e. The fourth-order valence-corrected chi connectivity index (χ4v) is 3.67. The zero-order valence-corrected chi connectivity index (χ0v) is 16.0. The van der Waals surface area contributed by atoms with E-state index >= 15 is 0 Å². The summed E-state index contributed by atoms with van der Waals surface area (Å²) >= 11 is 1.57. The highest BCUT2D eigenvalue weighted by atomic mass is 32.1. The van der Waals surface area contributed by atoms with E-state index in [0.29, 0.717) is 0 Å². The molecule has 0 unspecified atom stereocenters. The lowest BCUT2D eigenvalue weighted by molar-refractivity contribution is 0.0950. The molecule has 0 saturated carbocycles. The molecule has 0 aliphatic rings. The molecular formula is C23H16F2N2OS. The molecule has 1 amide bonds. The van der Waals surface area contributed by atoms with E-state index in [1.807, 2.05) is 60.0 Å². The number of halogens is 2. The summed E-state index contributed by atoms with van der Waals surface area (Å²) in [5, 5.41) is 5.65. The van der Waals surface area contributed by atoms with Crippen molar-refractivity contribution in [3.8, 4) is 21.8 Å². The molecule has 0 saturated heterocycles. The van der Waals surface area contributed by atoms with Crippen molar-refractivity contribution in [3.05, 3.63) is 101 Å². The van der Waals surface area contributed by atoms with Gasteiger partial charge in [-0.05, 0) is 23.8 Å². The molecule has 0 spiro atoms. The number of nitrogens with zero attached hydrogens (tertiary/aromatic N) is 1. The Hall–Kier alpha value is -3.38. The number of nitrogens with one attached hydrogen (secondary N) is 1. The van der Waals surface area contributed by atoms with Crippen molar-refractivity contribution in [2.45, 2.75) is 6.54 Å². The summed E-state index contributed by atoms with van der Waals surface area (Å²) in [6, 6.07) is 20.8. The van der Waals surface area contributed by atoms with Crippen LogP contribution >= 0.6 is 11.3 Å². The van der Waals surface area contributed by atoms with Gasteiger partial charge in [0.2, 0.25) is 0 Å². The van der Waals surface area contributed by atoms with Gasteiger partial charge in [0.25, 0.3) is 5.91 Å². The van der Waals surface area contributed by atoms with E-state index in [0.717, 1.165) is 39.5 Å². The zero-order chi connectivity index (χ0) is 20.2. The molecule has 1 N–H and O–H groups in total. The Morgan fingerprint density at radius 1 is 0.897 bits per heavy atom. The second-order valence-corrected chi connectivity index (χ2v) is 7.27. The first-order valence-corrected chi connectivity index (χ1v) is 9.81. The average Bonchev–Trinajstić information content (AvgIpc) is 3.25. The van der Waals surface area contributed by atoms with Gasteiger partial charge in [-0.15, -0.1) is 11.3 Å². The van der Waals surface area contributed by atoms with E-state index in [1.54, 1.807) is 11.3 Å². The number of amides is 1. The number of carbonyl (C=O) groups is 1. The highest BCUT2D eigenvalue weighted by Gasteiger charge is 2.10. The molecular weight excluding hydrogens is 390 g/mol. The topological polar surface area (TPSA) is 42.0 Å². The molecule has 0 bridgehead atoms. The monoisotopic (exact) mass is 406 g/mol. The molecule has 0 atom stereocenters. The Labute approximate surface area is 170 Å². The first-order valence-electron chi connectivity index (χ1n) is 8.93. The van der Waals surface area contributed by atoms with E-state index in [-0.39, 0.29) is 12.1 Å². The minimum absolute atomic E-state index is 0.0803. The van der Waals surface area contributed by atoms with Crippen LogP contribution in [0.2, 0.25) is 0 Å². The molecule has 0 aliphatic heterocycles. The van der Waals surface area contributed by atoms with Gasteiger partial charge in [0.1, 0.15) is 5.01 Å². The van der Waals surface area contributed by atoms with E-state index in [9.17, 15) is 13.6 Å². The highest BCUT2D eigenvalue weighted by molar-refractivity contribution is 7.13. The van der Waals surface area contributed by atoms with Gasteiger partial charge in [-0.25, -0.2) is 13.8 Å². The molecule has 4 aromatic rings. The highest BCUT2D eigenvalue weighted by Crippen LogP contribution is 2.28. The quantitative estimate of drug-likeness (QED) is 0.463. The zero-order valence-electron chi connectivity index (χ0n) is 15.2. The number of hydrogen-bond acceptors (Lipinski definition) is 3. The van der Waals surface area contributed by atoms with Crippen LogP contribution in [0.15, 0.2) is 78.2 Å². The largest absolute Gasteiger partial charge is 0.348 e.